The molecule has 2 aliphatic rings. The smallest absolute Gasteiger partial charge is 0.423 e. The third kappa shape index (κ3) is 3.11. The van der Waals surface area contributed by atoms with E-state index in [1.54, 1.807) is 27.0 Å². The maximum absolute atomic E-state index is 12.8. The number of halogens is 1. The number of pyridine rings is 1. The van der Waals surface area contributed by atoms with Crippen molar-refractivity contribution in [1.29, 1.82) is 0 Å². The fourth-order valence-corrected chi connectivity index (χ4v) is 3.12. The molecule has 0 spiro atoms. The Kier molecular flexibility index (Phi) is 4.16. The third-order valence-electron chi connectivity index (χ3n) is 3.68. The molecule has 8 heteroatoms. The molecule has 1 unspecified atom stereocenters. The molecule has 0 radical (unpaired) electrons. The Morgan fingerprint density at radius 2 is 2.26 bits per heavy atom. The number of carbonyl (C=O) groups is 2. The highest BCUT2D eigenvalue weighted by Crippen LogP contribution is 2.39. The molecule has 0 aromatic carbocycles. The van der Waals surface area contributed by atoms with Crippen molar-refractivity contribution in [2.24, 2.45) is 0 Å². The Balaban J connectivity index is 2.05. The summed E-state index contributed by atoms with van der Waals surface area (Å²) in [5.74, 6) is -0.168. The lowest BCUT2D eigenvalue weighted by Gasteiger charge is -2.40. The van der Waals surface area contributed by atoms with Crippen molar-refractivity contribution in [2.75, 3.05) is 11.5 Å². The molecule has 1 N–H and O–H groups in total. The van der Waals surface area contributed by atoms with E-state index in [1.807, 2.05) is 6.07 Å². The van der Waals surface area contributed by atoms with Crippen LogP contribution in [0.1, 0.15) is 38.7 Å². The van der Waals surface area contributed by atoms with Crippen LogP contribution >= 0.6 is 15.9 Å². The fraction of sp³-hybridized carbons (Fsp3) is 0.533. The van der Waals surface area contributed by atoms with Gasteiger partial charge in [-0.3, -0.25) is 4.79 Å². The van der Waals surface area contributed by atoms with E-state index in [2.05, 4.69) is 26.4 Å². The number of aromatic nitrogens is 1. The summed E-state index contributed by atoms with van der Waals surface area (Å²) in [5, 5.41) is 0. The van der Waals surface area contributed by atoms with Crippen molar-refractivity contribution in [3.63, 3.8) is 0 Å². The number of anilines is 1. The first-order valence-electron chi connectivity index (χ1n) is 7.37. The van der Waals surface area contributed by atoms with Gasteiger partial charge in [0, 0.05) is 22.2 Å². The van der Waals surface area contributed by atoms with Crippen molar-refractivity contribution >= 4 is 33.7 Å². The van der Waals surface area contributed by atoms with E-state index in [9.17, 15) is 9.59 Å². The van der Waals surface area contributed by atoms with Gasteiger partial charge in [0.2, 0.25) is 0 Å². The molecule has 1 aromatic rings. The normalized spacial score (nSPS) is 24.0. The van der Waals surface area contributed by atoms with E-state index in [-0.39, 0.29) is 5.92 Å². The highest BCUT2D eigenvalue weighted by molar-refractivity contribution is 9.10. The van der Waals surface area contributed by atoms with Gasteiger partial charge in [0.05, 0.1) is 6.61 Å². The van der Waals surface area contributed by atoms with Gasteiger partial charge in [0.25, 0.3) is 5.91 Å². The first kappa shape index (κ1) is 16.4. The topological polar surface area (TPSA) is 80.8 Å². The van der Waals surface area contributed by atoms with E-state index in [0.29, 0.717) is 18.8 Å². The molecule has 2 aliphatic heterocycles. The van der Waals surface area contributed by atoms with Crippen molar-refractivity contribution in [1.82, 2.24) is 10.5 Å². The summed E-state index contributed by atoms with van der Waals surface area (Å²) in [6.07, 6.45) is 1.51. The average Bonchev–Trinajstić information content (AvgIpc) is 2.46. The summed E-state index contributed by atoms with van der Waals surface area (Å²) < 4.78 is 6.15. The average molecular weight is 384 g/mol. The quantitative estimate of drug-likeness (QED) is 0.741. The van der Waals surface area contributed by atoms with E-state index < -0.39 is 23.6 Å². The number of hydrogen-bond donors (Lipinski definition) is 1. The molecule has 3 heterocycles. The number of hydrogen-bond acceptors (Lipinski definition) is 6. The lowest BCUT2D eigenvalue weighted by molar-refractivity contribution is -0.129. The largest absolute Gasteiger partial charge is 0.443 e. The van der Waals surface area contributed by atoms with E-state index >= 15 is 0 Å². The van der Waals surface area contributed by atoms with Crippen LogP contribution in [0.3, 0.4) is 0 Å². The predicted octanol–water partition coefficient (Wildman–Crippen LogP) is 2.50. The molecule has 0 bridgehead atoms. The van der Waals surface area contributed by atoms with Crippen LogP contribution in [0.25, 0.3) is 0 Å². The zero-order valence-electron chi connectivity index (χ0n) is 13.1. The highest BCUT2D eigenvalue weighted by Gasteiger charge is 2.46. The summed E-state index contributed by atoms with van der Waals surface area (Å²) in [6.45, 7) is 5.74. The van der Waals surface area contributed by atoms with Gasteiger partial charge < -0.3 is 9.57 Å². The number of imide groups is 1. The SMILES string of the molecule is CC(C)(C)OC(=O)N1C(=O)C2NOCC[C@@H]2c2cc(Br)cnc21. The molecular formula is C15H18BrN3O4. The molecule has 1 fully saturated rings. The van der Waals surface area contributed by atoms with Crippen molar-refractivity contribution in [3.8, 4) is 0 Å². The number of fused-ring (bicyclic) bond motifs is 3. The Hall–Kier alpha value is -1.51. The Morgan fingerprint density at radius 3 is 2.96 bits per heavy atom. The number of carbonyl (C=O) groups excluding carboxylic acids is 2. The number of ether oxygens (including phenoxy) is 1. The molecule has 124 valence electrons. The number of nitrogens with zero attached hydrogens (tertiary/aromatic N) is 2. The standard InChI is InChI=1S/C15H18BrN3O4/c1-15(2,3)23-14(21)19-12-10(6-8(16)7-17-12)9-4-5-22-18-11(9)13(19)20/h6-7,9,11,18H,4-5H2,1-3H3/t9-,11?/m1/s1. The second-order valence-electron chi connectivity index (χ2n) is 6.56. The van der Waals surface area contributed by atoms with E-state index in [1.165, 1.54) is 0 Å². The molecule has 2 atom stereocenters. The van der Waals surface area contributed by atoms with Crippen LogP contribution < -0.4 is 10.4 Å². The Bertz CT molecular complexity index is 659. The number of amides is 2. The van der Waals surface area contributed by atoms with Gasteiger partial charge in [-0.25, -0.2) is 9.78 Å². The molecule has 0 saturated carbocycles. The van der Waals surface area contributed by atoms with Crippen LogP contribution in [0.2, 0.25) is 0 Å². The summed E-state index contributed by atoms with van der Waals surface area (Å²) in [5.41, 5.74) is 2.85. The summed E-state index contributed by atoms with van der Waals surface area (Å²) in [6, 6.07) is 1.26. The van der Waals surface area contributed by atoms with Crippen LogP contribution in [0.5, 0.6) is 0 Å². The Morgan fingerprint density at radius 1 is 1.52 bits per heavy atom. The number of rotatable bonds is 0. The second kappa shape index (κ2) is 5.85. The lowest BCUT2D eigenvalue weighted by atomic mass is 9.85. The molecule has 2 amide bonds. The van der Waals surface area contributed by atoms with Gasteiger partial charge in [-0.2, -0.15) is 10.4 Å². The van der Waals surface area contributed by atoms with Gasteiger partial charge >= 0.3 is 6.09 Å². The van der Waals surface area contributed by atoms with Crippen LogP contribution in [0, 0.1) is 0 Å². The minimum atomic E-state index is -0.732. The first-order valence-corrected chi connectivity index (χ1v) is 8.17. The summed E-state index contributed by atoms with van der Waals surface area (Å²) in [7, 11) is 0. The van der Waals surface area contributed by atoms with E-state index in [4.69, 9.17) is 9.57 Å². The summed E-state index contributed by atoms with van der Waals surface area (Å²) >= 11 is 3.39. The number of hydroxylamine groups is 1. The third-order valence-corrected chi connectivity index (χ3v) is 4.11. The van der Waals surface area contributed by atoms with Gasteiger partial charge in [0.15, 0.2) is 0 Å². The van der Waals surface area contributed by atoms with Crippen molar-refractivity contribution in [2.45, 2.75) is 44.8 Å². The maximum atomic E-state index is 12.8. The molecule has 1 saturated heterocycles. The van der Waals surface area contributed by atoms with E-state index in [0.717, 1.165) is 14.9 Å². The van der Waals surface area contributed by atoms with Crippen LogP contribution in [0.15, 0.2) is 16.7 Å². The maximum Gasteiger partial charge on any atom is 0.423 e. The fourth-order valence-electron chi connectivity index (χ4n) is 2.78. The van der Waals surface area contributed by atoms with Crippen LogP contribution in [0.4, 0.5) is 10.6 Å². The van der Waals surface area contributed by atoms with Gasteiger partial charge in [-0.15, -0.1) is 0 Å². The van der Waals surface area contributed by atoms with Gasteiger partial charge in [0.1, 0.15) is 17.5 Å². The van der Waals surface area contributed by atoms with Crippen molar-refractivity contribution < 1.29 is 19.2 Å². The van der Waals surface area contributed by atoms with Gasteiger partial charge in [-0.1, -0.05) is 0 Å². The van der Waals surface area contributed by atoms with Gasteiger partial charge in [-0.05, 0) is 49.2 Å². The highest BCUT2D eigenvalue weighted by atomic mass is 79.9. The zero-order valence-corrected chi connectivity index (χ0v) is 14.7. The first-order chi connectivity index (χ1) is 10.8. The van der Waals surface area contributed by atoms with Crippen molar-refractivity contribution in [3.05, 3.63) is 22.3 Å². The number of nitrogens with one attached hydrogen (secondary N) is 1. The minimum Gasteiger partial charge on any atom is -0.443 e. The molecule has 7 nitrogen and oxygen atoms in total. The molecular weight excluding hydrogens is 366 g/mol. The minimum absolute atomic E-state index is 0.0880. The molecule has 3 rings (SSSR count). The Labute approximate surface area is 142 Å². The summed E-state index contributed by atoms with van der Waals surface area (Å²) in [4.78, 5) is 35.8. The van der Waals surface area contributed by atoms with Crippen LogP contribution in [-0.4, -0.2) is 35.2 Å². The molecule has 0 aliphatic carbocycles. The molecule has 23 heavy (non-hydrogen) atoms. The zero-order chi connectivity index (χ0) is 16.8. The predicted molar refractivity (Wildman–Crippen MR) is 85.9 cm³/mol. The monoisotopic (exact) mass is 383 g/mol. The second-order valence-corrected chi connectivity index (χ2v) is 7.48. The van der Waals surface area contributed by atoms with Crippen LogP contribution in [-0.2, 0) is 14.4 Å². The lowest BCUT2D eigenvalue weighted by Crippen LogP contribution is -2.58. The molecule has 1 aromatic heterocycles.